The number of benzene rings is 1. The molecule has 0 aliphatic heterocycles. The van der Waals surface area contributed by atoms with Crippen molar-refractivity contribution in [3.8, 4) is 11.5 Å². The van der Waals surface area contributed by atoms with Gasteiger partial charge in [0.25, 0.3) is 0 Å². The maximum absolute atomic E-state index is 13.0. The number of pyridine rings is 1. The van der Waals surface area contributed by atoms with Crippen LogP contribution in [-0.4, -0.2) is 10.1 Å². The van der Waals surface area contributed by atoms with Crippen molar-refractivity contribution in [2.24, 2.45) is 0 Å². The fourth-order valence-electron chi connectivity index (χ4n) is 1.38. The molecule has 2 rings (SSSR count). The minimum Gasteiger partial charge on any atom is -0.456 e. The number of hydrogen-bond donors (Lipinski definition) is 1. The lowest BCUT2D eigenvalue weighted by Gasteiger charge is -2.08. The number of hydrogen-bond acceptors (Lipinski definition) is 3. The van der Waals surface area contributed by atoms with Crippen LogP contribution in [0, 0.1) is 5.82 Å². The van der Waals surface area contributed by atoms with Crippen LogP contribution in [0.1, 0.15) is 18.7 Å². The molecule has 5 heteroatoms. The van der Waals surface area contributed by atoms with Crippen LogP contribution in [0.4, 0.5) is 4.39 Å². The zero-order chi connectivity index (χ0) is 13.1. The summed E-state index contributed by atoms with van der Waals surface area (Å²) in [5, 5.41) is 9.32. The summed E-state index contributed by atoms with van der Waals surface area (Å²) in [4.78, 5) is 4.05. The van der Waals surface area contributed by atoms with Gasteiger partial charge in [0.15, 0.2) is 0 Å². The molecule has 0 fully saturated rings. The second-order valence-electron chi connectivity index (χ2n) is 3.77. The van der Waals surface area contributed by atoms with E-state index in [9.17, 15) is 9.50 Å². The Kier molecular flexibility index (Phi) is 3.93. The maximum atomic E-state index is 13.0. The molecule has 18 heavy (non-hydrogen) atoms. The van der Waals surface area contributed by atoms with Crippen molar-refractivity contribution < 1.29 is 14.2 Å². The molecule has 1 heterocycles. The molecule has 0 radical (unpaired) electrons. The van der Waals surface area contributed by atoms with Crippen LogP contribution < -0.4 is 4.74 Å². The molecule has 1 aromatic heterocycles. The topological polar surface area (TPSA) is 42.4 Å². The summed E-state index contributed by atoms with van der Waals surface area (Å²) in [6, 6.07) is 7.77. The van der Waals surface area contributed by atoms with Gasteiger partial charge in [-0.15, -0.1) is 0 Å². The van der Waals surface area contributed by atoms with Crippen LogP contribution in [0.5, 0.6) is 11.5 Å². The van der Waals surface area contributed by atoms with Crippen molar-refractivity contribution >= 4 is 15.9 Å². The predicted octanol–water partition coefficient (Wildman–Crippen LogP) is 3.83. The van der Waals surface area contributed by atoms with Gasteiger partial charge in [-0.3, -0.25) is 4.98 Å². The number of aliphatic hydroxyl groups is 1. The summed E-state index contributed by atoms with van der Waals surface area (Å²) >= 11 is 3.09. The first kappa shape index (κ1) is 13.0. The van der Waals surface area contributed by atoms with Gasteiger partial charge in [0.05, 0.1) is 22.5 Å². The van der Waals surface area contributed by atoms with E-state index in [4.69, 9.17) is 4.74 Å². The van der Waals surface area contributed by atoms with E-state index in [0.717, 1.165) is 0 Å². The SMILES string of the molecule is C[C@H](O)c1ccc(Oc2ccc(F)c(Br)c2)cn1. The predicted molar refractivity (Wildman–Crippen MR) is 69.0 cm³/mol. The van der Waals surface area contributed by atoms with Gasteiger partial charge in [-0.2, -0.15) is 0 Å². The summed E-state index contributed by atoms with van der Waals surface area (Å²) in [5.41, 5.74) is 0.572. The number of halogens is 2. The van der Waals surface area contributed by atoms with Crippen molar-refractivity contribution in [1.29, 1.82) is 0 Å². The average Bonchev–Trinajstić information content (AvgIpc) is 2.34. The zero-order valence-electron chi connectivity index (χ0n) is 9.60. The molecule has 2 aromatic rings. The van der Waals surface area contributed by atoms with E-state index in [1.165, 1.54) is 24.4 Å². The van der Waals surface area contributed by atoms with Crippen LogP contribution in [0.3, 0.4) is 0 Å². The first-order valence-corrected chi connectivity index (χ1v) is 6.12. The van der Waals surface area contributed by atoms with Gasteiger partial charge in [0, 0.05) is 0 Å². The molecule has 3 nitrogen and oxygen atoms in total. The Labute approximate surface area is 112 Å². The molecule has 0 saturated heterocycles. The number of rotatable bonds is 3. The summed E-state index contributed by atoms with van der Waals surface area (Å²) in [6.45, 7) is 1.64. The van der Waals surface area contributed by atoms with Gasteiger partial charge < -0.3 is 9.84 Å². The molecule has 94 valence electrons. The van der Waals surface area contributed by atoms with Gasteiger partial charge in [0.2, 0.25) is 0 Å². The van der Waals surface area contributed by atoms with E-state index in [2.05, 4.69) is 20.9 Å². The highest BCUT2D eigenvalue weighted by Crippen LogP contribution is 2.26. The lowest BCUT2D eigenvalue weighted by molar-refractivity contribution is 0.194. The summed E-state index contributed by atoms with van der Waals surface area (Å²) in [7, 11) is 0. The van der Waals surface area contributed by atoms with E-state index in [1.807, 2.05) is 0 Å². The van der Waals surface area contributed by atoms with Crippen LogP contribution in [0.2, 0.25) is 0 Å². The average molecular weight is 312 g/mol. The fourth-order valence-corrected chi connectivity index (χ4v) is 1.73. The van der Waals surface area contributed by atoms with Gasteiger partial charge in [-0.05, 0) is 53.2 Å². The molecule has 0 amide bonds. The Bertz CT molecular complexity index is 543. The molecule has 1 N–H and O–H groups in total. The number of aliphatic hydroxyl groups excluding tert-OH is 1. The van der Waals surface area contributed by atoms with Crippen molar-refractivity contribution in [2.45, 2.75) is 13.0 Å². The first-order valence-electron chi connectivity index (χ1n) is 5.33. The molecule has 0 aliphatic rings. The third kappa shape index (κ3) is 3.05. The smallest absolute Gasteiger partial charge is 0.145 e. The fraction of sp³-hybridized carbons (Fsp3) is 0.154. The van der Waals surface area contributed by atoms with Gasteiger partial charge in [-0.1, -0.05) is 0 Å². The molecular weight excluding hydrogens is 301 g/mol. The lowest BCUT2D eigenvalue weighted by atomic mass is 10.2. The number of nitrogens with zero attached hydrogens (tertiary/aromatic N) is 1. The van der Waals surface area contributed by atoms with E-state index in [1.54, 1.807) is 19.1 Å². The molecule has 1 aromatic carbocycles. The largest absolute Gasteiger partial charge is 0.456 e. The highest BCUT2D eigenvalue weighted by molar-refractivity contribution is 9.10. The lowest BCUT2D eigenvalue weighted by Crippen LogP contribution is -1.95. The Morgan fingerprint density at radius 2 is 2.00 bits per heavy atom. The molecule has 1 atom stereocenters. The third-order valence-corrected chi connectivity index (χ3v) is 2.92. The monoisotopic (exact) mass is 311 g/mol. The minimum atomic E-state index is -0.612. The van der Waals surface area contributed by atoms with Crippen LogP contribution in [-0.2, 0) is 0 Å². The highest BCUT2D eigenvalue weighted by atomic mass is 79.9. The maximum Gasteiger partial charge on any atom is 0.145 e. The minimum absolute atomic E-state index is 0.341. The Hall–Kier alpha value is -1.46. The Balaban J connectivity index is 2.15. The van der Waals surface area contributed by atoms with E-state index < -0.39 is 6.10 Å². The van der Waals surface area contributed by atoms with Crippen molar-refractivity contribution in [2.75, 3.05) is 0 Å². The van der Waals surface area contributed by atoms with E-state index >= 15 is 0 Å². The number of ether oxygens (including phenoxy) is 1. The highest BCUT2D eigenvalue weighted by Gasteiger charge is 2.05. The molecule has 0 bridgehead atoms. The van der Waals surface area contributed by atoms with E-state index in [-0.39, 0.29) is 5.82 Å². The van der Waals surface area contributed by atoms with Crippen molar-refractivity contribution in [3.63, 3.8) is 0 Å². The van der Waals surface area contributed by atoms with Gasteiger partial charge >= 0.3 is 0 Å². The second kappa shape index (κ2) is 5.46. The van der Waals surface area contributed by atoms with Gasteiger partial charge in [-0.25, -0.2) is 4.39 Å². The Morgan fingerprint density at radius 1 is 1.28 bits per heavy atom. The summed E-state index contributed by atoms with van der Waals surface area (Å²) in [6.07, 6.45) is 0.901. The standard InChI is InChI=1S/C13H11BrFNO2/c1-8(17)13-5-3-10(7-16-13)18-9-2-4-12(15)11(14)6-9/h2-8,17H,1H3/t8-/m0/s1. The normalized spacial score (nSPS) is 12.2. The first-order chi connectivity index (χ1) is 8.56. The summed E-state index contributed by atoms with van der Waals surface area (Å²) < 4.78 is 18.9. The van der Waals surface area contributed by atoms with E-state index in [0.29, 0.717) is 21.7 Å². The van der Waals surface area contributed by atoms with Crippen LogP contribution >= 0.6 is 15.9 Å². The zero-order valence-corrected chi connectivity index (χ0v) is 11.2. The molecular formula is C13H11BrFNO2. The third-order valence-electron chi connectivity index (χ3n) is 2.31. The van der Waals surface area contributed by atoms with Crippen LogP contribution in [0.15, 0.2) is 41.0 Å². The van der Waals surface area contributed by atoms with Gasteiger partial charge in [0.1, 0.15) is 17.3 Å². The quantitative estimate of drug-likeness (QED) is 0.936. The molecule has 0 saturated carbocycles. The molecule has 0 unspecified atom stereocenters. The number of aromatic nitrogens is 1. The Morgan fingerprint density at radius 3 is 2.56 bits per heavy atom. The molecule has 0 aliphatic carbocycles. The van der Waals surface area contributed by atoms with Crippen LogP contribution in [0.25, 0.3) is 0 Å². The van der Waals surface area contributed by atoms with Crippen molar-refractivity contribution in [1.82, 2.24) is 4.98 Å². The second-order valence-corrected chi connectivity index (χ2v) is 4.63. The summed E-state index contributed by atoms with van der Waals surface area (Å²) in [5.74, 6) is 0.692. The van der Waals surface area contributed by atoms with Crippen molar-refractivity contribution in [3.05, 3.63) is 52.5 Å². The molecule has 0 spiro atoms.